The third-order valence-corrected chi connectivity index (χ3v) is 7.47. The van der Waals surface area contributed by atoms with Crippen molar-refractivity contribution >= 4 is 15.8 Å². The molecule has 0 aromatic rings. The minimum atomic E-state index is -3.13. The van der Waals surface area contributed by atoms with Gasteiger partial charge in [-0.3, -0.25) is 9.89 Å². The lowest BCUT2D eigenvalue weighted by Gasteiger charge is -2.20. The Bertz CT molecular complexity index is 549. The summed E-state index contributed by atoms with van der Waals surface area (Å²) in [5.41, 5.74) is 0. The number of aliphatic imine (C=N–C) groups is 1. The van der Waals surface area contributed by atoms with Gasteiger partial charge in [0.25, 0.3) is 0 Å². The monoisotopic (exact) mass is 358 g/mol. The highest BCUT2D eigenvalue weighted by Crippen LogP contribution is 2.33. The molecule has 1 aliphatic heterocycles. The van der Waals surface area contributed by atoms with Crippen LogP contribution in [0.4, 0.5) is 0 Å². The van der Waals surface area contributed by atoms with Gasteiger partial charge in [0.05, 0.1) is 17.0 Å². The highest BCUT2D eigenvalue weighted by Gasteiger charge is 2.39. The number of hydrogen-bond donors (Lipinski definition) is 2. The summed E-state index contributed by atoms with van der Waals surface area (Å²) in [6.07, 6.45) is 3.77. The Morgan fingerprint density at radius 1 is 1.29 bits per heavy atom. The Morgan fingerprint density at radius 3 is 2.50 bits per heavy atom. The van der Waals surface area contributed by atoms with E-state index in [0.29, 0.717) is 18.6 Å². The van der Waals surface area contributed by atoms with Gasteiger partial charge >= 0.3 is 0 Å². The lowest BCUT2D eigenvalue weighted by Crippen LogP contribution is -2.45. The summed E-state index contributed by atoms with van der Waals surface area (Å²) in [6, 6.07) is 1.78. The van der Waals surface area contributed by atoms with Gasteiger partial charge in [-0.25, -0.2) is 8.42 Å². The largest absolute Gasteiger partial charge is 0.357 e. The second kappa shape index (κ2) is 7.60. The van der Waals surface area contributed by atoms with Crippen LogP contribution in [0.5, 0.6) is 0 Å². The minimum absolute atomic E-state index is 0.0857. The molecule has 2 atom stereocenters. The van der Waals surface area contributed by atoms with Crippen LogP contribution in [0.3, 0.4) is 0 Å². The normalized spacial score (nSPS) is 26.6. The van der Waals surface area contributed by atoms with Gasteiger partial charge in [-0.2, -0.15) is 0 Å². The molecule has 2 rings (SSSR count). The van der Waals surface area contributed by atoms with Crippen molar-refractivity contribution in [2.24, 2.45) is 4.99 Å². The summed E-state index contributed by atoms with van der Waals surface area (Å²) in [5, 5.41) is 6.72. The Morgan fingerprint density at radius 2 is 1.96 bits per heavy atom. The van der Waals surface area contributed by atoms with E-state index in [2.05, 4.69) is 27.4 Å². The first-order valence-corrected chi connectivity index (χ1v) is 10.8. The van der Waals surface area contributed by atoms with Gasteiger partial charge < -0.3 is 10.6 Å². The molecule has 140 valence electrons. The fourth-order valence-electron chi connectivity index (χ4n) is 3.17. The van der Waals surface area contributed by atoms with Crippen LogP contribution in [0, 0.1) is 0 Å². The van der Waals surface area contributed by atoms with E-state index >= 15 is 0 Å². The van der Waals surface area contributed by atoms with E-state index in [9.17, 15) is 8.42 Å². The second-order valence-electron chi connectivity index (χ2n) is 8.05. The summed E-state index contributed by atoms with van der Waals surface area (Å²) < 4.78 is 23.7. The van der Waals surface area contributed by atoms with Crippen LogP contribution in [-0.2, 0) is 9.84 Å². The molecule has 0 bridgehead atoms. The highest BCUT2D eigenvalue weighted by molar-refractivity contribution is 7.92. The van der Waals surface area contributed by atoms with Crippen molar-refractivity contribution in [2.45, 2.75) is 76.8 Å². The Balaban J connectivity index is 1.89. The van der Waals surface area contributed by atoms with Crippen LogP contribution in [0.1, 0.15) is 53.9 Å². The van der Waals surface area contributed by atoms with Crippen molar-refractivity contribution < 1.29 is 8.42 Å². The van der Waals surface area contributed by atoms with Crippen LogP contribution < -0.4 is 10.6 Å². The maximum Gasteiger partial charge on any atom is 0.191 e. The van der Waals surface area contributed by atoms with Crippen molar-refractivity contribution in [2.75, 3.05) is 25.4 Å². The topological polar surface area (TPSA) is 73.8 Å². The molecule has 0 aromatic carbocycles. The maximum absolute atomic E-state index is 12.2. The van der Waals surface area contributed by atoms with Gasteiger partial charge in [0.1, 0.15) is 0 Å². The van der Waals surface area contributed by atoms with Crippen LogP contribution in [0.2, 0.25) is 0 Å². The van der Waals surface area contributed by atoms with E-state index in [-0.39, 0.29) is 5.75 Å². The number of guanidine groups is 1. The first-order chi connectivity index (χ1) is 11.1. The van der Waals surface area contributed by atoms with E-state index in [0.717, 1.165) is 31.5 Å². The molecule has 1 heterocycles. The molecule has 7 heteroatoms. The number of sulfone groups is 1. The van der Waals surface area contributed by atoms with E-state index < -0.39 is 14.6 Å². The molecular weight excluding hydrogens is 324 g/mol. The van der Waals surface area contributed by atoms with Gasteiger partial charge in [-0.05, 0) is 53.9 Å². The third kappa shape index (κ3) is 5.09. The highest BCUT2D eigenvalue weighted by atomic mass is 32.2. The smallest absolute Gasteiger partial charge is 0.191 e. The molecule has 2 fully saturated rings. The van der Waals surface area contributed by atoms with Gasteiger partial charge in [0, 0.05) is 31.2 Å². The quantitative estimate of drug-likeness (QED) is 0.554. The van der Waals surface area contributed by atoms with Crippen molar-refractivity contribution in [3.05, 3.63) is 0 Å². The predicted molar refractivity (Wildman–Crippen MR) is 100 cm³/mol. The van der Waals surface area contributed by atoms with Crippen molar-refractivity contribution in [1.29, 1.82) is 0 Å². The van der Waals surface area contributed by atoms with E-state index in [1.165, 1.54) is 12.8 Å². The molecule has 0 aromatic heterocycles. The predicted octanol–water partition coefficient (Wildman–Crippen LogP) is 1.38. The van der Waals surface area contributed by atoms with Gasteiger partial charge in [0.15, 0.2) is 15.8 Å². The van der Waals surface area contributed by atoms with Crippen LogP contribution >= 0.6 is 0 Å². The summed E-state index contributed by atoms with van der Waals surface area (Å²) >= 11 is 0. The van der Waals surface area contributed by atoms with E-state index in [1.54, 1.807) is 20.8 Å². The standard InChI is InChI=1S/C17H34N4O2S/c1-6-18-16(19-9-10-24(22,23)17(3,4)5)20-14-11-13(2)21(12-14)15-7-8-15/h13-15H,6-12H2,1-5H3,(H2,18,19,20). The SMILES string of the molecule is CCNC(=NCCS(=O)(=O)C(C)(C)C)NC1CC(C)N(C2CC2)C1. The summed E-state index contributed by atoms with van der Waals surface area (Å²) in [4.78, 5) is 7.07. The lowest BCUT2D eigenvalue weighted by atomic mass is 10.2. The van der Waals surface area contributed by atoms with E-state index in [1.807, 2.05) is 6.92 Å². The van der Waals surface area contributed by atoms with Crippen molar-refractivity contribution in [3.8, 4) is 0 Å². The zero-order valence-electron chi connectivity index (χ0n) is 15.8. The zero-order valence-corrected chi connectivity index (χ0v) is 16.6. The summed E-state index contributed by atoms with van der Waals surface area (Å²) in [5.74, 6) is 0.818. The molecule has 2 N–H and O–H groups in total. The van der Waals surface area contributed by atoms with E-state index in [4.69, 9.17) is 0 Å². The zero-order chi connectivity index (χ0) is 18.0. The first-order valence-electron chi connectivity index (χ1n) is 9.17. The summed E-state index contributed by atoms with van der Waals surface area (Å²) in [7, 11) is -3.13. The number of likely N-dealkylation sites (tertiary alicyclic amines) is 1. The number of rotatable bonds is 6. The van der Waals surface area contributed by atoms with Gasteiger partial charge in [0.2, 0.25) is 0 Å². The van der Waals surface area contributed by atoms with Crippen LogP contribution in [-0.4, -0.2) is 67.5 Å². The Labute approximate surface area is 147 Å². The molecule has 2 unspecified atom stereocenters. The van der Waals surface area contributed by atoms with Gasteiger partial charge in [-0.15, -0.1) is 0 Å². The molecular formula is C17H34N4O2S. The minimum Gasteiger partial charge on any atom is -0.357 e. The third-order valence-electron chi connectivity index (χ3n) is 4.89. The average Bonchev–Trinajstić information content (AvgIpc) is 3.22. The maximum atomic E-state index is 12.2. The Kier molecular flexibility index (Phi) is 6.18. The number of nitrogens with one attached hydrogen (secondary N) is 2. The molecule has 1 saturated heterocycles. The number of nitrogens with zero attached hydrogens (tertiary/aromatic N) is 2. The molecule has 0 spiro atoms. The molecule has 24 heavy (non-hydrogen) atoms. The molecule has 1 aliphatic carbocycles. The van der Waals surface area contributed by atoms with Crippen molar-refractivity contribution in [3.63, 3.8) is 0 Å². The summed E-state index contributed by atoms with van der Waals surface area (Å²) in [6.45, 7) is 11.6. The molecule has 1 saturated carbocycles. The Hall–Kier alpha value is -0.820. The lowest BCUT2D eigenvalue weighted by molar-refractivity contribution is 0.256. The van der Waals surface area contributed by atoms with Crippen LogP contribution in [0.15, 0.2) is 4.99 Å². The molecule has 6 nitrogen and oxygen atoms in total. The van der Waals surface area contributed by atoms with Crippen LogP contribution in [0.25, 0.3) is 0 Å². The fraction of sp³-hybridized carbons (Fsp3) is 0.941. The molecule has 0 radical (unpaired) electrons. The second-order valence-corrected chi connectivity index (χ2v) is 10.9. The van der Waals surface area contributed by atoms with Crippen molar-refractivity contribution in [1.82, 2.24) is 15.5 Å². The molecule has 0 amide bonds. The first kappa shape index (κ1) is 19.5. The fourth-order valence-corrected chi connectivity index (χ4v) is 4.12. The molecule has 2 aliphatic rings. The number of hydrogen-bond acceptors (Lipinski definition) is 4. The average molecular weight is 359 g/mol. The van der Waals surface area contributed by atoms with Gasteiger partial charge in [-0.1, -0.05) is 0 Å².